The van der Waals surface area contributed by atoms with Gasteiger partial charge < -0.3 is 20.5 Å². The number of phenolic OH excluding ortho intramolecular Hbond substituents is 1. The summed E-state index contributed by atoms with van der Waals surface area (Å²) >= 11 is 0. The van der Waals surface area contributed by atoms with Crippen molar-refractivity contribution in [2.45, 2.75) is 6.54 Å². The molecule has 0 fully saturated rings. The zero-order valence-electron chi connectivity index (χ0n) is 10.7. The van der Waals surface area contributed by atoms with Gasteiger partial charge in [0.15, 0.2) is 5.69 Å². The second-order valence-corrected chi connectivity index (χ2v) is 4.20. The number of nitrogens with one attached hydrogen (secondary N) is 1. The van der Waals surface area contributed by atoms with Crippen LogP contribution in [0.2, 0.25) is 0 Å². The van der Waals surface area contributed by atoms with Crippen LogP contribution >= 0.6 is 0 Å². The third kappa shape index (κ3) is 2.61. The zero-order valence-corrected chi connectivity index (χ0v) is 10.7. The van der Waals surface area contributed by atoms with Gasteiger partial charge >= 0.3 is 5.82 Å². The quantitative estimate of drug-likeness (QED) is 0.653. The predicted molar refractivity (Wildman–Crippen MR) is 71.3 cm³/mol. The van der Waals surface area contributed by atoms with Crippen molar-refractivity contribution >= 4 is 11.7 Å². The van der Waals surface area contributed by atoms with Gasteiger partial charge in [0.2, 0.25) is 0 Å². The third-order valence-electron chi connectivity index (χ3n) is 2.95. The summed E-state index contributed by atoms with van der Waals surface area (Å²) in [6.07, 6.45) is 0. The van der Waals surface area contributed by atoms with Gasteiger partial charge in [-0.2, -0.15) is 0 Å². The average molecular weight is 275 g/mol. The van der Waals surface area contributed by atoms with Crippen molar-refractivity contribution in [1.82, 2.24) is 9.88 Å². The number of amides is 1. The van der Waals surface area contributed by atoms with Gasteiger partial charge in [0.1, 0.15) is 5.75 Å². The summed E-state index contributed by atoms with van der Waals surface area (Å²) in [6.45, 7) is 0.143. The Morgan fingerprint density at radius 2 is 2.05 bits per heavy atom. The third-order valence-corrected chi connectivity index (χ3v) is 2.95. The van der Waals surface area contributed by atoms with Crippen molar-refractivity contribution in [1.29, 1.82) is 0 Å². The van der Waals surface area contributed by atoms with E-state index in [0.29, 0.717) is 5.56 Å². The van der Waals surface area contributed by atoms with Crippen molar-refractivity contribution in [2.24, 2.45) is 7.05 Å². The molecule has 20 heavy (non-hydrogen) atoms. The van der Waals surface area contributed by atoms with Crippen LogP contribution in [-0.4, -0.2) is 20.5 Å². The summed E-state index contributed by atoms with van der Waals surface area (Å²) < 4.78 is 1.21. The number of benzene rings is 1. The number of nitro groups is 1. The van der Waals surface area contributed by atoms with Crippen molar-refractivity contribution in [3.63, 3.8) is 0 Å². The molecular formula is C13H13N3O4. The van der Waals surface area contributed by atoms with Crippen LogP contribution < -0.4 is 5.32 Å². The minimum atomic E-state index is -0.556. The maximum Gasteiger partial charge on any atom is 0.323 e. The number of carbonyl (C=O) groups excluding carboxylic acids is 1. The highest BCUT2D eigenvalue weighted by Crippen LogP contribution is 2.17. The van der Waals surface area contributed by atoms with E-state index in [1.807, 2.05) is 0 Å². The molecule has 0 saturated carbocycles. The van der Waals surface area contributed by atoms with Gasteiger partial charge in [-0.3, -0.25) is 4.79 Å². The van der Waals surface area contributed by atoms with Crippen LogP contribution in [0.15, 0.2) is 36.4 Å². The number of aromatic nitrogens is 1. The lowest BCUT2D eigenvalue weighted by Crippen LogP contribution is -2.25. The molecule has 1 amide bonds. The molecule has 2 aromatic rings. The van der Waals surface area contributed by atoms with Gasteiger partial charge in [-0.1, -0.05) is 18.2 Å². The fourth-order valence-corrected chi connectivity index (χ4v) is 1.84. The molecule has 1 heterocycles. The Kier molecular flexibility index (Phi) is 3.69. The van der Waals surface area contributed by atoms with Crippen LogP contribution in [0.5, 0.6) is 5.75 Å². The molecule has 1 aromatic carbocycles. The number of para-hydroxylation sites is 1. The highest BCUT2D eigenvalue weighted by molar-refractivity contribution is 5.93. The van der Waals surface area contributed by atoms with Crippen LogP contribution in [0.4, 0.5) is 5.82 Å². The van der Waals surface area contributed by atoms with Crippen molar-refractivity contribution in [2.75, 3.05) is 0 Å². The normalized spacial score (nSPS) is 10.2. The molecule has 1 aromatic heterocycles. The lowest BCUT2D eigenvalue weighted by Gasteiger charge is -2.06. The van der Waals surface area contributed by atoms with Crippen LogP contribution in [0, 0.1) is 10.1 Å². The first-order valence-electron chi connectivity index (χ1n) is 5.86. The molecule has 104 valence electrons. The molecule has 0 radical (unpaired) electrons. The van der Waals surface area contributed by atoms with E-state index < -0.39 is 10.8 Å². The maximum absolute atomic E-state index is 11.9. The minimum Gasteiger partial charge on any atom is -0.508 e. The Labute approximate surface area is 114 Å². The number of hydrogen-bond acceptors (Lipinski definition) is 4. The van der Waals surface area contributed by atoms with Gasteiger partial charge in [-0.25, -0.2) is 4.57 Å². The first-order chi connectivity index (χ1) is 9.50. The molecule has 0 saturated heterocycles. The number of nitrogens with zero attached hydrogens (tertiary/aromatic N) is 2. The second kappa shape index (κ2) is 5.43. The highest BCUT2D eigenvalue weighted by Gasteiger charge is 2.20. The Morgan fingerprint density at radius 1 is 1.35 bits per heavy atom. The van der Waals surface area contributed by atoms with E-state index in [-0.39, 0.29) is 23.8 Å². The van der Waals surface area contributed by atoms with E-state index >= 15 is 0 Å². The SMILES string of the molecule is Cn1c(C(=O)NCc2ccccc2O)ccc1[N+](=O)[O-]. The lowest BCUT2D eigenvalue weighted by molar-refractivity contribution is -0.391. The Morgan fingerprint density at radius 3 is 2.65 bits per heavy atom. The number of aromatic hydroxyl groups is 1. The van der Waals surface area contributed by atoms with Crippen LogP contribution in [0.1, 0.15) is 16.1 Å². The van der Waals surface area contributed by atoms with Crippen molar-refractivity contribution in [3.05, 3.63) is 57.8 Å². The van der Waals surface area contributed by atoms with Gasteiger partial charge in [0.05, 0.1) is 7.05 Å². The minimum absolute atomic E-state index is 0.0886. The molecule has 2 N–H and O–H groups in total. The van der Waals surface area contributed by atoms with E-state index in [9.17, 15) is 20.0 Å². The molecule has 0 bridgehead atoms. The van der Waals surface area contributed by atoms with Crippen LogP contribution in [0.3, 0.4) is 0 Å². The highest BCUT2D eigenvalue weighted by atomic mass is 16.6. The summed E-state index contributed by atoms with van der Waals surface area (Å²) in [6, 6.07) is 9.29. The van der Waals surface area contributed by atoms with E-state index in [1.54, 1.807) is 18.2 Å². The van der Waals surface area contributed by atoms with E-state index in [0.717, 1.165) is 0 Å². The molecule has 0 aliphatic rings. The molecule has 7 heteroatoms. The number of rotatable bonds is 4. The number of phenols is 1. The van der Waals surface area contributed by atoms with Crippen LogP contribution in [-0.2, 0) is 13.6 Å². The van der Waals surface area contributed by atoms with E-state index in [2.05, 4.69) is 5.32 Å². The number of carbonyl (C=O) groups is 1. The second-order valence-electron chi connectivity index (χ2n) is 4.20. The summed E-state index contributed by atoms with van der Waals surface area (Å²) in [7, 11) is 1.45. The molecule has 2 rings (SSSR count). The van der Waals surface area contributed by atoms with Crippen molar-refractivity contribution in [3.8, 4) is 5.75 Å². The summed E-state index contributed by atoms with van der Waals surface area (Å²) in [5.74, 6) is -0.507. The van der Waals surface area contributed by atoms with Crippen LogP contribution in [0.25, 0.3) is 0 Å². The van der Waals surface area contributed by atoms with Gasteiger partial charge in [0, 0.05) is 18.2 Å². The molecule has 0 aliphatic carbocycles. The fourth-order valence-electron chi connectivity index (χ4n) is 1.84. The molecule has 0 unspecified atom stereocenters. The van der Waals surface area contributed by atoms with Gasteiger partial charge in [-0.15, -0.1) is 0 Å². The van der Waals surface area contributed by atoms with E-state index in [1.165, 1.54) is 29.8 Å². The summed E-state index contributed by atoms with van der Waals surface area (Å²) in [5, 5.41) is 22.9. The zero-order chi connectivity index (χ0) is 14.7. The largest absolute Gasteiger partial charge is 0.508 e. The predicted octanol–water partition coefficient (Wildman–Crippen LogP) is 1.57. The van der Waals surface area contributed by atoms with Gasteiger partial charge in [-0.05, 0) is 17.1 Å². The lowest BCUT2D eigenvalue weighted by atomic mass is 10.2. The summed E-state index contributed by atoms with van der Waals surface area (Å²) in [5.41, 5.74) is 0.761. The maximum atomic E-state index is 11.9. The van der Waals surface area contributed by atoms with Crippen molar-refractivity contribution < 1.29 is 14.8 Å². The smallest absolute Gasteiger partial charge is 0.323 e. The average Bonchev–Trinajstić information content (AvgIpc) is 2.79. The standard InChI is InChI=1S/C13H13N3O4/c1-15-10(6-7-12(15)16(19)20)13(18)14-8-9-4-2-3-5-11(9)17/h2-7,17H,8H2,1H3,(H,14,18). The molecule has 0 aliphatic heterocycles. The Hall–Kier alpha value is -2.83. The number of hydrogen-bond donors (Lipinski definition) is 2. The monoisotopic (exact) mass is 275 g/mol. The molecule has 0 atom stereocenters. The summed E-state index contributed by atoms with van der Waals surface area (Å²) in [4.78, 5) is 22.1. The van der Waals surface area contributed by atoms with Gasteiger partial charge in [0.25, 0.3) is 5.91 Å². The first kappa shape index (κ1) is 13.6. The molecule has 7 nitrogen and oxygen atoms in total. The van der Waals surface area contributed by atoms with E-state index in [4.69, 9.17) is 0 Å². The Bertz CT molecular complexity index is 663. The first-order valence-corrected chi connectivity index (χ1v) is 5.86. The Balaban J connectivity index is 2.10. The fraction of sp³-hybridized carbons (Fsp3) is 0.154. The molecular weight excluding hydrogens is 262 g/mol. The molecule has 0 spiro atoms. The topological polar surface area (TPSA) is 97.4 Å².